The fourth-order valence-corrected chi connectivity index (χ4v) is 2.59. The van der Waals surface area contributed by atoms with Crippen LogP contribution in [0.5, 0.6) is 0 Å². The zero-order chi connectivity index (χ0) is 11.9. The van der Waals surface area contributed by atoms with Crippen molar-refractivity contribution in [1.82, 2.24) is 0 Å². The Labute approximate surface area is 105 Å². The van der Waals surface area contributed by atoms with E-state index >= 15 is 0 Å². The van der Waals surface area contributed by atoms with Gasteiger partial charge in [0.05, 0.1) is 0 Å². The number of rotatable bonds is 0. The third kappa shape index (κ3) is 1.26. The Kier molecular flexibility index (Phi) is 1.92. The van der Waals surface area contributed by atoms with Gasteiger partial charge in [-0.15, -0.1) is 0 Å². The van der Waals surface area contributed by atoms with E-state index in [4.69, 9.17) is 0 Å². The maximum Gasteiger partial charge on any atom is -0.00923 e. The molecule has 0 heterocycles. The average molecular weight is 226 g/mol. The molecule has 0 aliphatic carbocycles. The topological polar surface area (TPSA) is 0 Å². The SMILES string of the molecule is [c]1cc2c3ccccc3[c]cc2c2ccccc12. The minimum Gasteiger partial charge on any atom is -0.0616 e. The van der Waals surface area contributed by atoms with Crippen molar-refractivity contribution in [3.05, 3.63) is 72.8 Å². The van der Waals surface area contributed by atoms with Crippen molar-refractivity contribution in [1.29, 1.82) is 0 Å². The van der Waals surface area contributed by atoms with E-state index in [1.54, 1.807) is 0 Å². The van der Waals surface area contributed by atoms with Gasteiger partial charge in [0.25, 0.3) is 0 Å². The number of hydrogen-bond donors (Lipinski definition) is 0. The molecule has 2 radical (unpaired) electrons. The Bertz CT molecular complexity index is 797. The van der Waals surface area contributed by atoms with Crippen LogP contribution in [0.3, 0.4) is 0 Å². The summed E-state index contributed by atoms with van der Waals surface area (Å²) >= 11 is 0. The van der Waals surface area contributed by atoms with Crippen molar-refractivity contribution >= 4 is 32.3 Å². The summed E-state index contributed by atoms with van der Waals surface area (Å²) in [5.74, 6) is 0. The molecule has 0 N–H and O–H groups in total. The predicted molar refractivity (Wildman–Crippen MR) is 76.6 cm³/mol. The normalized spacial score (nSPS) is 11.3. The van der Waals surface area contributed by atoms with Crippen molar-refractivity contribution in [2.75, 3.05) is 0 Å². The quantitative estimate of drug-likeness (QED) is 0.380. The molecule has 4 aromatic rings. The smallest absolute Gasteiger partial charge is 0.00923 e. The number of hydrogen-bond acceptors (Lipinski definition) is 0. The van der Waals surface area contributed by atoms with Gasteiger partial charge in [0.15, 0.2) is 0 Å². The van der Waals surface area contributed by atoms with Gasteiger partial charge in [-0.1, -0.05) is 48.5 Å². The van der Waals surface area contributed by atoms with Crippen molar-refractivity contribution in [3.8, 4) is 0 Å². The summed E-state index contributed by atoms with van der Waals surface area (Å²) in [7, 11) is 0. The summed E-state index contributed by atoms with van der Waals surface area (Å²) in [5.41, 5.74) is 0. The van der Waals surface area contributed by atoms with Gasteiger partial charge in [-0.25, -0.2) is 0 Å². The Hall–Kier alpha value is -2.34. The van der Waals surface area contributed by atoms with Gasteiger partial charge < -0.3 is 0 Å². The lowest BCUT2D eigenvalue weighted by Crippen LogP contribution is -1.80. The predicted octanol–water partition coefficient (Wildman–Crippen LogP) is 4.75. The van der Waals surface area contributed by atoms with E-state index in [1.807, 2.05) is 0 Å². The summed E-state index contributed by atoms with van der Waals surface area (Å²) in [6, 6.07) is 27.7. The van der Waals surface area contributed by atoms with E-state index in [-0.39, 0.29) is 0 Å². The molecule has 0 saturated carbocycles. The lowest BCUT2D eigenvalue weighted by molar-refractivity contribution is 1.76. The molecule has 4 aromatic carbocycles. The largest absolute Gasteiger partial charge is 0.0616 e. The number of benzene rings is 4. The molecule has 4 rings (SSSR count). The van der Waals surface area contributed by atoms with Crippen LogP contribution in [-0.2, 0) is 0 Å². The Morgan fingerprint density at radius 3 is 1.44 bits per heavy atom. The number of fused-ring (bicyclic) bond motifs is 5. The molecule has 0 aliphatic rings. The van der Waals surface area contributed by atoms with Crippen LogP contribution in [0.15, 0.2) is 60.7 Å². The molecule has 0 spiro atoms. The first kappa shape index (κ1) is 9.67. The lowest BCUT2D eigenvalue weighted by Gasteiger charge is -2.06. The van der Waals surface area contributed by atoms with Crippen molar-refractivity contribution in [3.63, 3.8) is 0 Å². The van der Waals surface area contributed by atoms with E-state index in [0.29, 0.717) is 0 Å². The lowest BCUT2D eigenvalue weighted by atomic mass is 9.97. The third-order valence-electron chi connectivity index (χ3n) is 3.47. The van der Waals surface area contributed by atoms with Gasteiger partial charge in [-0.3, -0.25) is 0 Å². The first-order valence-electron chi connectivity index (χ1n) is 6.06. The van der Waals surface area contributed by atoms with E-state index in [0.717, 1.165) is 10.8 Å². The first-order valence-corrected chi connectivity index (χ1v) is 6.06. The van der Waals surface area contributed by atoms with Gasteiger partial charge in [-0.2, -0.15) is 0 Å². The molecule has 0 atom stereocenters. The molecule has 0 aliphatic heterocycles. The minimum atomic E-state index is 1.16. The zero-order valence-corrected chi connectivity index (χ0v) is 9.77. The van der Waals surface area contributed by atoms with E-state index in [9.17, 15) is 0 Å². The maximum atomic E-state index is 3.37. The molecule has 0 amide bonds. The highest BCUT2D eigenvalue weighted by Crippen LogP contribution is 2.30. The summed E-state index contributed by atoms with van der Waals surface area (Å²) in [6.45, 7) is 0. The van der Waals surface area contributed by atoms with Crippen LogP contribution in [0.25, 0.3) is 32.3 Å². The highest BCUT2D eigenvalue weighted by molar-refractivity contribution is 6.16. The van der Waals surface area contributed by atoms with Crippen molar-refractivity contribution in [2.24, 2.45) is 0 Å². The fourth-order valence-electron chi connectivity index (χ4n) is 2.59. The maximum absolute atomic E-state index is 3.37. The first-order chi connectivity index (χ1) is 8.93. The van der Waals surface area contributed by atoms with E-state index in [2.05, 4.69) is 72.8 Å². The van der Waals surface area contributed by atoms with Crippen LogP contribution < -0.4 is 0 Å². The summed E-state index contributed by atoms with van der Waals surface area (Å²) in [4.78, 5) is 0. The van der Waals surface area contributed by atoms with Crippen LogP contribution in [0.4, 0.5) is 0 Å². The monoisotopic (exact) mass is 226 g/mol. The minimum absolute atomic E-state index is 1.16. The summed E-state index contributed by atoms with van der Waals surface area (Å²) in [5, 5.41) is 7.32. The van der Waals surface area contributed by atoms with E-state index in [1.165, 1.54) is 21.5 Å². The van der Waals surface area contributed by atoms with Crippen LogP contribution in [0.2, 0.25) is 0 Å². The molecule has 0 saturated heterocycles. The van der Waals surface area contributed by atoms with Crippen LogP contribution in [0.1, 0.15) is 0 Å². The van der Waals surface area contributed by atoms with Gasteiger partial charge in [0.2, 0.25) is 0 Å². The zero-order valence-electron chi connectivity index (χ0n) is 9.77. The molecule has 0 aromatic heterocycles. The van der Waals surface area contributed by atoms with Gasteiger partial charge in [0.1, 0.15) is 0 Å². The molecule has 82 valence electrons. The van der Waals surface area contributed by atoms with E-state index < -0.39 is 0 Å². The summed E-state index contributed by atoms with van der Waals surface area (Å²) in [6.07, 6.45) is 0. The molecule has 18 heavy (non-hydrogen) atoms. The molecular formula is C18H10. The van der Waals surface area contributed by atoms with Crippen molar-refractivity contribution in [2.45, 2.75) is 0 Å². The van der Waals surface area contributed by atoms with Crippen molar-refractivity contribution < 1.29 is 0 Å². The van der Waals surface area contributed by atoms with Gasteiger partial charge >= 0.3 is 0 Å². The Morgan fingerprint density at radius 1 is 0.500 bits per heavy atom. The molecular weight excluding hydrogens is 216 g/mol. The average Bonchev–Trinajstić information content (AvgIpc) is 2.46. The van der Waals surface area contributed by atoms with Crippen LogP contribution in [-0.4, -0.2) is 0 Å². The third-order valence-corrected chi connectivity index (χ3v) is 3.47. The second-order valence-corrected chi connectivity index (χ2v) is 4.50. The van der Waals surface area contributed by atoms with Crippen LogP contribution in [0, 0.1) is 12.1 Å². The second-order valence-electron chi connectivity index (χ2n) is 4.50. The van der Waals surface area contributed by atoms with Gasteiger partial charge in [-0.05, 0) is 56.6 Å². The highest BCUT2D eigenvalue weighted by atomic mass is 14.1. The highest BCUT2D eigenvalue weighted by Gasteiger charge is 2.03. The fraction of sp³-hybridized carbons (Fsp3) is 0. The standard InChI is InChI=1S/C18H10/c1-3-7-15-13(5-1)9-11-18-16-8-4-2-6-14(16)10-12-17(15)18/h1-8,11-12H. The summed E-state index contributed by atoms with van der Waals surface area (Å²) < 4.78 is 0. The molecule has 0 bridgehead atoms. The van der Waals surface area contributed by atoms with Gasteiger partial charge in [0, 0.05) is 0 Å². The molecule has 0 heteroatoms. The molecule has 0 unspecified atom stereocenters. The Morgan fingerprint density at radius 2 is 0.944 bits per heavy atom. The Balaban J connectivity index is 2.31. The second kappa shape index (κ2) is 3.58. The molecule has 0 fully saturated rings. The van der Waals surface area contributed by atoms with Crippen LogP contribution >= 0.6 is 0 Å². The molecule has 0 nitrogen and oxygen atoms in total.